The summed E-state index contributed by atoms with van der Waals surface area (Å²) in [6.45, 7) is 4.02. The summed E-state index contributed by atoms with van der Waals surface area (Å²) in [6, 6.07) is 0. The molecule has 1 aliphatic heterocycles. The molecule has 2 atom stereocenters. The zero-order valence-corrected chi connectivity index (χ0v) is 10.4. The van der Waals surface area contributed by atoms with Crippen LogP contribution in [0.2, 0.25) is 0 Å². The van der Waals surface area contributed by atoms with Crippen LogP contribution in [-0.4, -0.2) is 36.9 Å². The summed E-state index contributed by atoms with van der Waals surface area (Å²) in [5.74, 6) is -1.07. The van der Waals surface area contributed by atoms with Gasteiger partial charge in [0.1, 0.15) is 5.92 Å². The number of nitrogens with zero attached hydrogens (tertiary/aromatic N) is 1. The molecule has 94 valence electrons. The van der Waals surface area contributed by atoms with E-state index in [4.69, 9.17) is 0 Å². The quantitative estimate of drug-likeness (QED) is 0.537. The van der Waals surface area contributed by atoms with E-state index in [0.29, 0.717) is 0 Å². The van der Waals surface area contributed by atoms with Crippen molar-refractivity contribution in [3.05, 3.63) is 11.8 Å². The van der Waals surface area contributed by atoms with E-state index in [-0.39, 0.29) is 11.7 Å². The van der Waals surface area contributed by atoms with Gasteiger partial charge in [0.25, 0.3) is 0 Å². The van der Waals surface area contributed by atoms with Crippen molar-refractivity contribution in [2.24, 2.45) is 11.8 Å². The van der Waals surface area contributed by atoms with E-state index in [0.717, 1.165) is 25.2 Å². The molecule has 0 spiro atoms. The second kappa shape index (κ2) is 4.90. The fraction of sp³-hybridized carbons (Fsp3) is 0.692. The summed E-state index contributed by atoms with van der Waals surface area (Å²) in [5.41, 5.74) is 1.10. The molecule has 1 heterocycles. The van der Waals surface area contributed by atoms with Gasteiger partial charge < -0.3 is 9.64 Å². The predicted octanol–water partition coefficient (Wildman–Crippen LogP) is 1.36. The first-order valence-electron chi connectivity index (χ1n) is 6.20. The highest BCUT2D eigenvalue weighted by Crippen LogP contribution is 2.31. The topological polar surface area (TPSA) is 46.6 Å². The van der Waals surface area contributed by atoms with Crippen molar-refractivity contribution < 1.29 is 14.3 Å². The van der Waals surface area contributed by atoms with E-state index in [1.54, 1.807) is 6.08 Å². The maximum Gasteiger partial charge on any atom is 0.316 e. The molecule has 0 aromatic heterocycles. The van der Waals surface area contributed by atoms with Crippen LogP contribution in [0.3, 0.4) is 0 Å². The number of ether oxygens (including phenoxy) is 1. The van der Waals surface area contributed by atoms with Crippen LogP contribution in [0, 0.1) is 11.8 Å². The first kappa shape index (κ1) is 12.1. The number of allylic oxidation sites excluding steroid dienone is 2. The zero-order valence-electron chi connectivity index (χ0n) is 10.4. The number of rotatable bonds is 2. The van der Waals surface area contributed by atoms with E-state index >= 15 is 0 Å². The third-order valence-electron chi connectivity index (χ3n) is 3.68. The number of hydrogen-bond acceptors (Lipinski definition) is 4. The Labute approximate surface area is 102 Å². The molecule has 4 nitrogen and oxygen atoms in total. The highest BCUT2D eigenvalue weighted by Gasteiger charge is 2.37. The first-order valence-corrected chi connectivity index (χ1v) is 6.20. The molecule has 17 heavy (non-hydrogen) atoms. The van der Waals surface area contributed by atoms with E-state index < -0.39 is 11.9 Å². The van der Waals surface area contributed by atoms with Crippen LogP contribution in [0.4, 0.5) is 0 Å². The molecule has 0 bridgehead atoms. The number of carbonyl (C=O) groups is 2. The summed E-state index contributed by atoms with van der Waals surface area (Å²) in [5, 5.41) is 0. The molecular formula is C13H19NO3. The number of methoxy groups -OCH3 is 1. The van der Waals surface area contributed by atoms with Crippen molar-refractivity contribution in [2.75, 3.05) is 20.2 Å². The average molecular weight is 237 g/mol. The van der Waals surface area contributed by atoms with E-state index in [2.05, 4.69) is 9.64 Å². The number of carbonyl (C=O) groups excluding carboxylic acids is 2. The molecular weight excluding hydrogens is 218 g/mol. The minimum absolute atomic E-state index is 0.0375. The monoisotopic (exact) mass is 237 g/mol. The highest BCUT2D eigenvalue weighted by atomic mass is 16.5. The Morgan fingerprint density at radius 1 is 1.41 bits per heavy atom. The molecule has 0 radical (unpaired) electrons. The second-order valence-corrected chi connectivity index (χ2v) is 4.91. The van der Waals surface area contributed by atoms with Crippen molar-refractivity contribution in [1.29, 1.82) is 0 Å². The lowest BCUT2D eigenvalue weighted by molar-refractivity contribution is -0.150. The summed E-state index contributed by atoms with van der Waals surface area (Å²) in [4.78, 5) is 25.8. The number of likely N-dealkylation sites (tertiary alicyclic amines) is 1. The standard InChI is InChI=1S/C13H19NO3/c1-9-7-10(14-5-3-4-6-14)8-11(15)12(9)13(16)17-2/h8-9,12H,3-7H2,1-2H3/t9-,12-/m0/s1. The van der Waals surface area contributed by atoms with Gasteiger partial charge in [0.2, 0.25) is 0 Å². The van der Waals surface area contributed by atoms with Gasteiger partial charge >= 0.3 is 5.97 Å². The van der Waals surface area contributed by atoms with Crippen LogP contribution in [0.1, 0.15) is 26.2 Å². The van der Waals surface area contributed by atoms with Gasteiger partial charge in [0.15, 0.2) is 5.78 Å². The maximum atomic E-state index is 12.0. The zero-order chi connectivity index (χ0) is 12.4. The lowest BCUT2D eigenvalue weighted by atomic mass is 9.81. The summed E-state index contributed by atoms with van der Waals surface area (Å²) >= 11 is 0. The van der Waals surface area contributed by atoms with Gasteiger partial charge in [-0.1, -0.05) is 6.92 Å². The van der Waals surface area contributed by atoms with Crippen LogP contribution >= 0.6 is 0 Å². The van der Waals surface area contributed by atoms with Crippen LogP contribution < -0.4 is 0 Å². The fourth-order valence-corrected chi connectivity index (χ4v) is 2.74. The predicted molar refractivity (Wildman–Crippen MR) is 63.2 cm³/mol. The Morgan fingerprint density at radius 3 is 2.59 bits per heavy atom. The molecule has 0 unspecified atom stereocenters. The average Bonchev–Trinajstić information content (AvgIpc) is 2.81. The van der Waals surface area contributed by atoms with Gasteiger partial charge in [0.05, 0.1) is 7.11 Å². The van der Waals surface area contributed by atoms with Gasteiger partial charge in [-0.3, -0.25) is 9.59 Å². The normalized spacial score (nSPS) is 29.2. The van der Waals surface area contributed by atoms with Crippen LogP contribution in [-0.2, 0) is 14.3 Å². The summed E-state index contributed by atoms with van der Waals surface area (Å²) in [7, 11) is 1.34. The SMILES string of the molecule is COC(=O)[C@@H]1C(=O)C=C(N2CCCC2)C[C@@H]1C. The number of hydrogen-bond donors (Lipinski definition) is 0. The lowest BCUT2D eigenvalue weighted by Gasteiger charge is -2.30. The molecule has 4 heteroatoms. The van der Waals surface area contributed by atoms with Gasteiger partial charge in [0, 0.05) is 24.9 Å². The van der Waals surface area contributed by atoms with Crippen LogP contribution in [0.5, 0.6) is 0 Å². The molecule has 0 saturated carbocycles. The highest BCUT2D eigenvalue weighted by molar-refractivity contribution is 6.06. The first-order chi connectivity index (χ1) is 8.13. The molecule has 1 aliphatic carbocycles. The molecule has 0 N–H and O–H groups in total. The summed E-state index contributed by atoms with van der Waals surface area (Å²) in [6.07, 6.45) is 4.83. The molecule has 2 rings (SSSR count). The van der Waals surface area contributed by atoms with E-state index in [1.807, 2.05) is 6.92 Å². The van der Waals surface area contributed by atoms with E-state index in [9.17, 15) is 9.59 Å². The number of ketones is 1. The number of esters is 1. The van der Waals surface area contributed by atoms with Gasteiger partial charge in [-0.25, -0.2) is 0 Å². The van der Waals surface area contributed by atoms with Gasteiger partial charge in [-0.15, -0.1) is 0 Å². The Morgan fingerprint density at radius 2 is 2.06 bits per heavy atom. The second-order valence-electron chi connectivity index (χ2n) is 4.91. The van der Waals surface area contributed by atoms with Gasteiger partial charge in [-0.05, 0) is 25.2 Å². The van der Waals surface area contributed by atoms with Crippen molar-refractivity contribution in [2.45, 2.75) is 26.2 Å². The summed E-state index contributed by atoms with van der Waals surface area (Å²) < 4.78 is 4.69. The van der Waals surface area contributed by atoms with E-state index in [1.165, 1.54) is 20.0 Å². The third-order valence-corrected chi connectivity index (χ3v) is 3.68. The minimum atomic E-state index is -0.605. The van der Waals surface area contributed by atoms with Crippen molar-refractivity contribution in [3.8, 4) is 0 Å². The molecule has 1 fully saturated rings. The Kier molecular flexibility index (Phi) is 3.50. The lowest BCUT2D eigenvalue weighted by Crippen LogP contribution is -2.36. The van der Waals surface area contributed by atoms with Crippen molar-refractivity contribution in [3.63, 3.8) is 0 Å². The van der Waals surface area contributed by atoms with Crippen molar-refractivity contribution in [1.82, 2.24) is 4.90 Å². The molecule has 0 aromatic rings. The van der Waals surface area contributed by atoms with Crippen LogP contribution in [0.25, 0.3) is 0 Å². The largest absolute Gasteiger partial charge is 0.468 e. The van der Waals surface area contributed by atoms with Crippen molar-refractivity contribution >= 4 is 11.8 Å². The fourth-order valence-electron chi connectivity index (χ4n) is 2.74. The molecule has 0 aromatic carbocycles. The van der Waals surface area contributed by atoms with Crippen LogP contribution in [0.15, 0.2) is 11.8 Å². The maximum absolute atomic E-state index is 12.0. The smallest absolute Gasteiger partial charge is 0.316 e. The van der Waals surface area contributed by atoms with Gasteiger partial charge in [-0.2, -0.15) is 0 Å². The Hall–Kier alpha value is -1.32. The Balaban J connectivity index is 2.14. The molecule has 1 saturated heterocycles. The Bertz CT molecular complexity index is 356. The molecule has 0 amide bonds. The molecule has 2 aliphatic rings. The minimum Gasteiger partial charge on any atom is -0.468 e. The third kappa shape index (κ3) is 2.35.